The Kier molecular flexibility index (Phi) is 5.06. The minimum absolute atomic E-state index is 0.0219. The molecule has 2 fully saturated rings. The van der Waals surface area contributed by atoms with Gasteiger partial charge in [-0.15, -0.1) is 0 Å². The molecule has 3 aliphatic rings. The van der Waals surface area contributed by atoms with Gasteiger partial charge >= 0.3 is 6.18 Å². The van der Waals surface area contributed by atoms with E-state index < -0.39 is 11.7 Å². The Morgan fingerprint density at radius 2 is 1.75 bits per heavy atom. The zero-order valence-electron chi connectivity index (χ0n) is 18.0. The minimum Gasteiger partial charge on any atom is -0.371 e. The lowest BCUT2D eigenvalue weighted by atomic mass is 9.94. The second-order valence-corrected chi connectivity index (χ2v) is 9.41. The van der Waals surface area contributed by atoms with Crippen LogP contribution in [0, 0.1) is 18.8 Å². The molecule has 0 atom stereocenters. The number of rotatable bonds is 5. The van der Waals surface area contributed by atoms with E-state index in [1.165, 1.54) is 12.1 Å². The van der Waals surface area contributed by atoms with Crippen LogP contribution in [0.15, 0.2) is 35.1 Å². The average molecular weight is 445 g/mol. The number of carbonyl (C=O) groups excluding carboxylic acids is 1. The van der Waals surface area contributed by atoms with Gasteiger partial charge in [-0.05, 0) is 61.1 Å². The normalized spacial score (nSPS) is 18.6. The van der Waals surface area contributed by atoms with Crippen LogP contribution in [0.1, 0.15) is 41.6 Å². The maximum atomic E-state index is 13.0. The molecule has 170 valence electrons. The van der Waals surface area contributed by atoms with E-state index in [1.807, 2.05) is 21.3 Å². The summed E-state index contributed by atoms with van der Waals surface area (Å²) in [4.78, 5) is 29.3. The fraction of sp³-hybridized carbons (Fsp3) is 0.500. The lowest BCUT2D eigenvalue weighted by Crippen LogP contribution is -2.48. The molecular formula is C24H26F3N3O2. The summed E-state index contributed by atoms with van der Waals surface area (Å²) in [6.45, 7) is 5.01. The van der Waals surface area contributed by atoms with Crippen LogP contribution < -0.4 is 10.5 Å². The van der Waals surface area contributed by atoms with Crippen LogP contribution in [-0.4, -0.2) is 28.5 Å². The van der Waals surface area contributed by atoms with Crippen molar-refractivity contribution < 1.29 is 18.0 Å². The molecule has 1 aliphatic carbocycles. The van der Waals surface area contributed by atoms with Gasteiger partial charge in [-0.2, -0.15) is 13.2 Å². The van der Waals surface area contributed by atoms with E-state index in [0.29, 0.717) is 38.5 Å². The summed E-state index contributed by atoms with van der Waals surface area (Å²) in [6.07, 6.45) is -1.60. The highest BCUT2D eigenvalue weighted by Crippen LogP contribution is 2.35. The van der Waals surface area contributed by atoms with Crippen molar-refractivity contribution in [3.8, 4) is 0 Å². The Hall–Kier alpha value is -2.77. The van der Waals surface area contributed by atoms with Gasteiger partial charge < -0.3 is 14.4 Å². The number of aromatic nitrogens is 1. The van der Waals surface area contributed by atoms with Crippen molar-refractivity contribution in [1.82, 2.24) is 9.47 Å². The number of hydrogen-bond acceptors (Lipinski definition) is 3. The highest BCUT2D eigenvalue weighted by Gasteiger charge is 2.35. The summed E-state index contributed by atoms with van der Waals surface area (Å²) in [6, 6.07) is 6.85. The predicted molar refractivity (Wildman–Crippen MR) is 114 cm³/mol. The van der Waals surface area contributed by atoms with Crippen molar-refractivity contribution in [1.29, 1.82) is 0 Å². The molecule has 5 rings (SSSR count). The zero-order chi connectivity index (χ0) is 22.6. The summed E-state index contributed by atoms with van der Waals surface area (Å²) >= 11 is 0. The van der Waals surface area contributed by atoms with Crippen LogP contribution in [0.2, 0.25) is 0 Å². The predicted octanol–water partition coefficient (Wildman–Crippen LogP) is 3.95. The number of fused-ring (bicyclic) bond motifs is 1. The molecule has 0 N–H and O–H groups in total. The zero-order valence-corrected chi connectivity index (χ0v) is 18.0. The summed E-state index contributed by atoms with van der Waals surface area (Å²) in [5, 5.41) is 0. The Morgan fingerprint density at radius 1 is 1.06 bits per heavy atom. The molecule has 0 spiro atoms. The highest BCUT2D eigenvalue weighted by atomic mass is 19.4. The number of carbonyl (C=O) groups is 1. The molecule has 2 aliphatic heterocycles. The maximum Gasteiger partial charge on any atom is 0.416 e. The number of aryl methyl sites for hydroxylation is 1. The summed E-state index contributed by atoms with van der Waals surface area (Å²) in [5.41, 5.74) is 3.14. The van der Waals surface area contributed by atoms with Crippen LogP contribution >= 0.6 is 0 Å². The molecule has 2 aromatic rings. The van der Waals surface area contributed by atoms with Gasteiger partial charge in [0.1, 0.15) is 0 Å². The maximum absolute atomic E-state index is 13.0. The smallest absolute Gasteiger partial charge is 0.371 e. The summed E-state index contributed by atoms with van der Waals surface area (Å²) < 4.78 is 40.1. The van der Waals surface area contributed by atoms with E-state index in [4.69, 9.17) is 0 Å². The SMILES string of the molecule is Cc1cc(=O)n(CC2CC2)c2c1CN(C(=O)CC1CN(c3ccc(C(F)(F)F)cc3)C1)C2. The molecular weight excluding hydrogens is 419 g/mol. The molecule has 0 bridgehead atoms. The monoisotopic (exact) mass is 445 g/mol. The van der Waals surface area contributed by atoms with Crippen LogP contribution in [-0.2, 0) is 30.6 Å². The highest BCUT2D eigenvalue weighted by molar-refractivity contribution is 5.77. The van der Waals surface area contributed by atoms with Crippen LogP contribution in [0.25, 0.3) is 0 Å². The number of anilines is 1. The molecule has 8 heteroatoms. The van der Waals surface area contributed by atoms with Crippen molar-refractivity contribution in [2.45, 2.75) is 52.0 Å². The van der Waals surface area contributed by atoms with E-state index in [-0.39, 0.29) is 17.4 Å². The number of amides is 1. The van der Waals surface area contributed by atoms with Crippen molar-refractivity contribution in [3.63, 3.8) is 0 Å². The van der Waals surface area contributed by atoms with E-state index in [2.05, 4.69) is 0 Å². The Balaban J connectivity index is 1.19. The number of hydrogen-bond donors (Lipinski definition) is 0. The average Bonchev–Trinajstić information content (AvgIpc) is 3.41. The first-order chi connectivity index (χ1) is 15.2. The van der Waals surface area contributed by atoms with Gasteiger partial charge in [0, 0.05) is 56.0 Å². The van der Waals surface area contributed by atoms with E-state index >= 15 is 0 Å². The molecule has 1 aromatic carbocycles. The third kappa shape index (κ3) is 4.02. The lowest BCUT2D eigenvalue weighted by molar-refractivity contribution is -0.137. The van der Waals surface area contributed by atoms with Gasteiger partial charge in [0.15, 0.2) is 0 Å². The largest absolute Gasteiger partial charge is 0.416 e. The number of pyridine rings is 1. The topological polar surface area (TPSA) is 45.6 Å². The van der Waals surface area contributed by atoms with Gasteiger partial charge in [-0.3, -0.25) is 9.59 Å². The first kappa shape index (κ1) is 21.1. The van der Waals surface area contributed by atoms with Gasteiger partial charge in [0.05, 0.1) is 12.1 Å². The van der Waals surface area contributed by atoms with Gasteiger partial charge in [0.25, 0.3) is 5.56 Å². The second kappa shape index (κ2) is 7.67. The van der Waals surface area contributed by atoms with Crippen molar-refractivity contribution in [2.24, 2.45) is 11.8 Å². The van der Waals surface area contributed by atoms with E-state index in [1.54, 1.807) is 6.07 Å². The number of benzene rings is 1. The molecule has 1 saturated carbocycles. The van der Waals surface area contributed by atoms with Crippen LogP contribution in [0.4, 0.5) is 18.9 Å². The standard InChI is InChI=1S/C24H26F3N3O2/c1-15-8-23(32)30(12-16-2-3-16)21-14-29(13-20(15)21)22(31)9-17-10-28(11-17)19-6-4-18(5-7-19)24(25,26)27/h4-8,16-17H,2-3,9-14H2,1H3. The molecule has 3 heterocycles. The third-order valence-corrected chi connectivity index (χ3v) is 6.92. The van der Waals surface area contributed by atoms with E-state index in [9.17, 15) is 22.8 Å². The van der Waals surface area contributed by atoms with Crippen molar-refractivity contribution in [3.05, 3.63) is 63.1 Å². The fourth-order valence-electron chi connectivity index (χ4n) is 4.78. The van der Waals surface area contributed by atoms with Crippen LogP contribution in [0.3, 0.4) is 0 Å². The third-order valence-electron chi connectivity index (χ3n) is 6.92. The molecule has 5 nitrogen and oxygen atoms in total. The number of halogens is 3. The lowest BCUT2D eigenvalue weighted by Gasteiger charge is -2.41. The van der Waals surface area contributed by atoms with Gasteiger partial charge in [0.2, 0.25) is 5.91 Å². The molecule has 0 radical (unpaired) electrons. The summed E-state index contributed by atoms with van der Waals surface area (Å²) in [5.74, 6) is 0.835. The Labute approximate surface area is 184 Å². The van der Waals surface area contributed by atoms with E-state index in [0.717, 1.165) is 54.0 Å². The first-order valence-corrected chi connectivity index (χ1v) is 11.1. The first-order valence-electron chi connectivity index (χ1n) is 11.1. The number of nitrogens with zero attached hydrogens (tertiary/aromatic N) is 3. The van der Waals surface area contributed by atoms with Crippen molar-refractivity contribution in [2.75, 3.05) is 18.0 Å². The second-order valence-electron chi connectivity index (χ2n) is 9.41. The molecule has 1 amide bonds. The van der Waals surface area contributed by atoms with Crippen molar-refractivity contribution >= 4 is 11.6 Å². The molecule has 1 aromatic heterocycles. The molecule has 1 saturated heterocycles. The van der Waals surface area contributed by atoms with Gasteiger partial charge in [-0.25, -0.2) is 0 Å². The minimum atomic E-state index is -4.34. The number of alkyl halides is 3. The Morgan fingerprint density at radius 3 is 2.38 bits per heavy atom. The fourth-order valence-corrected chi connectivity index (χ4v) is 4.78. The Bertz CT molecular complexity index is 1100. The quantitative estimate of drug-likeness (QED) is 0.700. The van der Waals surface area contributed by atoms with Crippen LogP contribution in [0.5, 0.6) is 0 Å². The molecule has 32 heavy (non-hydrogen) atoms. The van der Waals surface area contributed by atoms with Gasteiger partial charge in [-0.1, -0.05) is 0 Å². The summed E-state index contributed by atoms with van der Waals surface area (Å²) in [7, 11) is 0. The molecule has 0 unspecified atom stereocenters.